The van der Waals surface area contributed by atoms with Crippen LogP contribution in [0.4, 0.5) is 0 Å². The van der Waals surface area contributed by atoms with E-state index in [0.717, 1.165) is 41.3 Å². The maximum absolute atomic E-state index is 13.1. The number of halogens is 3. The first-order chi connectivity index (χ1) is 14.9. The molecule has 4 nitrogen and oxygen atoms in total. The fourth-order valence-corrected chi connectivity index (χ4v) is 5.12. The van der Waals surface area contributed by atoms with Crippen molar-refractivity contribution in [2.75, 3.05) is 0 Å². The van der Waals surface area contributed by atoms with Crippen LogP contribution in [0.2, 0.25) is 10.0 Å². The Hall–Kier alpha value is -1.60. The summed E-state index contributed by atoms with van der Waals surface area (Å²) in [6, 6.07) is 11.1. The summed E-state index contributed by atoms with van der Waals surface area (Å²) in [5.74, 6) is 0.557. The van der Waals surface area contributed by atoms with Gasteiger partial charge in [0.1, 0.15) is 18.1 Å². The van der Waals surface area contributed by atoms with Crippen molar-refractivity contribution in [1.29, 1.82) is 0 Å². The Morgan fingerprint density at radius 2 is 1.94 bits per heavy atom. The van der Waals surface area contributed by atoms with E-state index in [4.69, 9.17) is 40.2 Å². The van der Waals surface area contributed by atoms with E-state index in [1.807, 2.05) is 24.3 Å². The lowest BCUT2D eigenvalue weighted by Gasteiger charge is -2.29. The fourth-order valence-electron chi connectivity index (χ4n) is 3.93. The number of nitrogens with one attached hydrogen (secondary N) is 1. The zero-order valence-electron chi connectivity index (χ0n) is 16.7. The third-order valence-corrected chi connectivity index (χ3v) is 6.90. The SMILES string of the molecule is O=C1/C(=C/c2cc(Br)ccc2OCc2ccc(Cl)cc2Cl)NC(=S)N1C1CCCCC1. The molecule has 1 heterocycles. The molecule has 0 aromatic heterocycles. The molecule has 8 heteroatoms. The lowest BCUT2D eigenvalue weighted by atomic mass is 9.94. The first-order valence-corrected chi connectivity index (χ1v) is 12.1. The molecule has 2 fully saturated rings. The number of carbonyl (C=O) groups is 1. The molecule has 0 spiro atoms. The van der Waals surface area contributed by atoms with Crippen molar-refractivity contribution in [3.8, 4) is 5.75 Å². The Kier molecular flexibility index (Phi) is 7.22. The van der Waals surface area contributed by atoms with E-state index in [2.05, 4.69) is 21.2 Å². The van der Waals surface area contributed by atoms with Crippen LogP contribution in [0.15, 0.2) is 46.6 Å². The van der Waals surface area contributed by atoms with Crippen LogP contribution in [0.5, 0.6) is 5.75 Å². The van der Waals surface area contributed by atoms with Crippen molar-refractivity contribution in [2.24, 2.45) is 0 Å². The summed E-state index contributed by atoms with van der Waals surface area (Å²) < 4.78 is 6.92. The fraction of sp³-hybridized carbons (Fsp3) is 0.304. The molecule has 1 saturated carbocycles. The number of carbonyl (C=O) groups excluding carboxylic acids is 1. The summed E-state index contributed by atoms with van der Waals surface area (Å²) in [6.45, 7) is 0.280. The third-order valence-electron chi connectivity index (χ3n) is 5.52. The molecule has 0 unspecified atom stereocenters. The number of hydrogen-bond acceptors (Lipinski definition) is 3. The molecule has 0 atom stereocenters. The summed E-state index contributed by atoms with van der Waals surface area (Å²) >= 11 is 21.2. The second-order valence-corrected chi connectivity index (χ2v) is 9.81. The Morgan fingerprint density at radius 3 is 2.68 bits per heavy atom. The van der Waals surface area contributed by atoms with Crippen LogP contribution in [-0.4, -0.2) is 22.0 Å². The minimum Gasteiger partial charge on any atom is -0.488 e. The second kappa shape index (κ2) is 9.90. The van der Waals surface area contributed by atoms with Gasteiger partial charge in [0.05, 0.1) is 0 Å². The lowest BCUT2D eigenvalue weighted by molar-refractivity contribution is -0.124. The maximum Gasteiger partial charge on any atom is 0.276 e. The van der Waals surface area contributed by atoms with Crippen molar-refractivity contribution in [3.05, 3.63) is 67.7 Å². The van der Waals surface area contributed by atoms with Crippen LogP contribution < -0.4 is 10.1 Å². The van der Waals surface area contributed by atoms with Crippen LogP contribution in [0.25, 0.3) is 6.08 Å². The van der Waals surface area contributed by atoms with E-state index in [9.17, 15) is 4.79 Å². The van der Waals surface area contributed by atoms with Crippen LogP contribution >= 0.6 is 51.3 Å². The molecular weight excluding hydrogens is 519 g/mol. The molecule has 31 heavy (non-hydrogen) atoms. The van der Waals surface area contributed by atoms with Gasteiger partial charge >= 0.3 is 0 Å². The number of hydrogen-bond donors (Lipinski definition) is 1. The highest BCUT2D eigenvalue weighted by Gasteiger charge is 2.36. The highest BCUT2D eigenvalue weighted by Crippen LogP contribution is 2.31. The van der Waals surface area contributed by atoms with Gasteiger partial charge in [0.25, 0.3) is 5.91 Å². The van der Waals surface area contributed by atoms with Crippen LogP contribution in [-0.2, 0) is 11.4 Å². The number of thiocarbonyl (C=S) groups is 1. The quantitative estimate of drug-likeness (QED) is 0.338. The normalized spacial score (nSPS) is 18.5. The molecule has 0 radical (unpaired) electrons. The van der Waals surface area contributed by atoms with Crippen LogP contribution in [0, 0.1) is 0 Å². The van der Waals surface area contributed by atoms with E-state index >= 15 is 0 Å². The Balaban J connectivity index is 1.56. The largest absolute Gasteiger partial charge is 0.488 e. The highest BCUT2D eigenvalue weighted by molar-refractivity contribution is 9.10. The van der Waals surface area contributed by atoms with E-state index in [0.29, 0.717) is 26.6 Å². The summed E-state index contributed by atoms with van der Waals surface area (Å²) in [5, 5.41) is 4.70. The van der Waals surface area contributed by atoms with E-state index in [-0.39, 0.29) is 18.6 Å². The standard InChI is InChI=1S/C23H21BrCl2N2O2S/c24-16-7-9-21(30-13-14-6-8-17(25)12-19(14)26)15(10-16)11-20-22(29)28(23(31)27-20)18-4-2-1-3-5-18/h6-12,18H,1-5,13H2,(H,27,31)/b20-11-. The minimum atomic E-state index is -0.0800. The van der Waals surface area contributed by atoms with Crippen LogP contribution in [0.1, 0.15) is 43.2 Å². The van der Waals surface area contributed by atoms with Gasteiger partial charge in [-0.1, -0.05) is 64.5 Å². The summed E-state index contributed by atoms with van der Waals surface area (Å²) in [7, 11) is 0. The van der Waals surface area contributed by atoms with E-state index in [1.165, 1.54) is 6.42 Å². The first-order valence-electron chi connectivity index (χ1n) is 10.1. The number of nitrogens with zero attached hydrogens (tertiary/aromatic N) is 1. The number of ether oxygens (including phenoxy) is 1. The number of amides is 1. The topological polar surface area (TPSA) is 41.6 Å². The summed E-state index contributed by atoms with van der Waals surface area (Å²) in [4.78, 5) is 14.8. The van der Waals surface area contributed by atoms with Gasteiger partial charge in [-0.25, -0.2) is 0 Å². The van der Waals surface area contributed by atoms with Gasteiger partial charge in [0, 0.05) is 31.7 Å². The molecule has 2 aliphatic rings. The lowest BCUT2D eigenvalue weighted by Crippen LogP contribution is -2.41. The van der Waals surface area contributed by atoms with Gasteiger partial charge in [-0.05, 0) is 61.5 Å². The zero-order chi connectivity index (χ0) is 22.0. The number of benzene rings is 2. The molecule has 1 aliphatic heterocycles. The monoisotopic (exact) mass is 538 g/mol. The summed E-state index contributed by atoms with van der Waals surface area (Å²) in [6.07, 6.45) is 7.26. The molecule has 4 rings (SSSR count). The molecule has 1 aliphatic carbocycles. The Labute approximate surface area is 205 Å². The van der Waals surface area contributed by atoms with Gasteiger partial charge in [0.15, 0.2) is 5.11 Å². The van der Waals surface area contributed by atoms with Crippen LogP contribution in [0.3, 0.4) is 0 Å². The van der Waals surface area contributed by atoms with Gasteiger partial charge in [-0.3, -0.25) is 9.69 Å². The molecular formula is C23H21BrCl2N2O2S. The predicted octanol–water partition coefficient (Wildman–Crippen LogP) is 6.73. The van der Waals surface area contributed by atoms with Gasteiger partial charge in [-0.15, -0.1) is 0 Å². The smallest absolute Gasteiger partial charge is 0.276 e. The van der Waals surface area contributed by atoms with Crippen molar-refractivity contribution >= 4 is 68.4 Å². The second-order valence-electron chi connectivity index (χ2n) is 7.66. The highest BCUT2D eigenvalue weighted by atomic mass is 79.9. The molecule has 2 aromatic rings. The van der Waals surface area contributed by atoms with Crippen molar-refractivity contribution in [3.63, 3.8) is 0 Å². The van der Waals surface area contributed by atoms with Crippen molar-refractivity contribution in [2.45, 2.75) is 44.8 Å². The van der Waals surface area contributed by atoms with Gasteiger partial charge in [-0.2, -0.15) is 0 Å². The van der Waals surface area contributed by atoms with E-state index in [1.54, 1.807) is 23.1 Å². The molecule has 1 N–H and O–H groups in total. The molecule has 1 amide bonds. The predicted molar refractivity (Wildman–Crippen MR) is 132 cm³/mol. The molecule has 0 bridgehead atoms. The van der Waals surface area contributed by atoms with Crippen molar-refractivity contribution in [1.82, 2.24) is 10.2 Å². The third kappa shape index (κ3) is 5.25. The molecule has 162 valence electrons. The first kappa shape index (κ1) is 22.6. The average molecular weight is 540 g/mol. The van der Waals surface area contributed by atoms with Crippen molar-refractivity contribution < 1.29 is 9.53 Å². The zero-order valence-corrected chi connectivity index (χ0v) is 20.6. The molecule has 2 aromatic carbocycles. The Bertz CT molecular complexity index is 1050. The molecule has 1 saturated heterocycles. The maximum atomic E-state index is 13.1. The van der Waals surface area contributed by atoms with Gasteiger partial charge < -0.3 is 10.1 Å². The minimum absolute atomic E-state index is 0.0800. The average Bonchev–Trinajstić information content (AvgIpc) is 3.02. The number of rotatable bonds is 5. The Morgan fingerprint density at radius 1 is 1.16 bits per heavy atom. The summed E-state index contributed by atoms with van der Waals surface area (Å²) in [5.41, 5.74) is 2.05. The van der Waals surface area contributed by atoms with Gasteiger partial charge in [0.2, 0.25) is 0 Å². The van der Waals surface area contributed by atoms with E-state index < -0.39 is 0 Å².